The monoisotopic (exact) mass is 367 g/mol. The number of carbonyl (C=O) groups is 2. The van der Waals surface area contributed by atoms with Crippen molar-refractivity contribution in [2.75, 3.05) is 13.1 Å². The Hall–Kier alpha value is -2.59. The van der Waals surface area contributed by atoms with Gasteiger partial charge in [0.15, 0.2) is 0 Å². The molecule has 0 radical (unpaired) electrons. The molecule has 2 heterocycles. The summed E-state index contributed by atoms with van der Waals surface area (Å²) in [7, 11) is 0. The van der Waals surface area contributed by atoms with Gasteiger partial charge in [0.05, 0.1) is 5.56 Å². The van der Waals surface area contributed by atoms with Gasteiger partial charge >= 0.3 is 5.97 Å². The second-order valence-corrected chi connectivity index (χ2v) is 7.08. The van der Waals surface area contributed by atoms with Crippen LogP contribution in [0.4, 0.5) is 0 Å². The third kappa shape index (κ3) is 3.01. The SMILES string of the molecule is O=C1OC2(CCN(C(=O)/C=C/c3ccc(Cl)cc3)CC2)c2ccccc21. The standard InChI is InChI=1S/C21H18ClNO3/c22-16-8-5-15(6-9-16)7-10-19(24)23-13-11-21(12-14-23)18-4-2-1-3-17(18)20(25)26-21/h1-10H,11-14H2/b10-7+. The number of hydrogen-bond acceptors (Lipinski definition) is 3. The second kappa shape index (κ2) is 6.61. The maximum absolute atomic E-state index is 12.5. The van der Waals surface area contributed by atoms with Crippen LogP contribution >= 0.6 is 11.6 Å². The number of ether oxygens (including phenoxy) is 1. The van der Waals surface area contributed by atoms with Crippen molar-refractivity contribution in [3.63, 3.8) is 0 Å². The molecular formula is C21H18ClNO3. The number of esters is 1. The highest BCUT2D eigenvalue weighted by atomic mass is 35.5. The summed E-state index contributed by atoms with van der Waals surface area (Å²) >= 11 is 5.87. The van der Waals surface area contributed by atoms with E-state index in [1.165, 1.54) is 0 Å². The number of hydrogen-bond donors (Lipinski definition) is 0. The van der Waals surface area contributed by atoms with E-state index in [4.69, 9.17) is 16.3 Å². The number of benzene rings is 2. The van der Waals surface area contributed by atoms with Crippen LogP contribution < -0.4 is 0 Å². The van der Waals surface area contributed by atoms with Gasteiger partial charge in [0.2, 0.25) is 5.91 Å². The molecule has 0 N–H and O–H groups in total. The molecular weight excluding hydrogens is 350 g/mol. The molecule has 0 saturated carbocycles. The van der Waals surface area contributed by atoms with E-state index in [0.717, 1.165) is 11.1 Å². The minimum Gasteiger partial charge on any atom is -0.450 e. The Labute approximate surface area is 157 Å². The Balaban J connectivity index is 1.43. The van der Waals surface area contributed by atoms with Crippen molar-refractivity contribution in [1.82, 2.24) is 4.90 Å². The van der Waals surface area contributed by atoms with E-state index in [9.17, 15) is 9.59 Å². The first-order chi connectivity index (χ1) is 12.6. The zero-order chi connectivity index (χ0) is 18.1. The molecule has 0 aliphatic carbocycles. The number of piperidine rings is 1. The van der Waals surface area contributed by atoms with E-state index in [0.29, 0.717) is 36.5 Å². The van der Waals surface area contributed by atoms with Crippen molar-refractivity contribution in [1.29, 1.82) is 0 Å². The highest BCUT2D eigenvalue weighted by Gasteiger charge is 2.47. The number of rotatable bonds is 2. The molecule has 4 nitrogen and oxygen atoms in total. The number of likely N-dealkylation sites (tertiary alicyclic amines) is 1. The van der Waals surface area contributed by atoms with Gasteiger partial charge < -0.3 is 9.64 Å². The molecule has 0 aromatic heterocycles. The molecule has 0 bridgehead atoms. The van der Waals surface area contributed by atoms with Crippen LogP contribution in [0, 0.1) is 0 Å². The summed E-state index contributed by atoms with van der Waals surface area (Å²) in [6.07, 6.45) is 4.61. The van der Waals surface area contributed by atoms with E-state index in [1.807, 2.05) is 30.3 Å². The summed E-state index contributed by atoms with van der Waals surface area (Å²) in [6, 6.07) is 14.9. The summed E-state index contributed by atoms with van der Waals surface area (Å²) in [4.78, 5) is 26.4. The summed E-state index contributed by atoms with van der Waals surface area (Å²) in [5.41, 5.74) is 1.95. The first-order valence-corrected chi connectivity index (χ1v) is 9.01. The van der Waals surface area contributed by atoms with Crippen molar-refractivity contribution in [3.05, 3.63) is 76.3 Å². The normalized spacial score (nSPS) is 18.2. The van der Waals surface area contributed by atoms with Gasteiger partial charge in [-0.2, -0.15) is 0 Å². The van der Waals surface area contributed by atoms with E-state index >= 15 is 0 Å². The third-order valence-corrected chi connectivity index (χ3v) is 5.35. The van der Waals surface area contributed by atoms with E-state index in [2.05, 4.69) is 0 Å². The molecule has 26 heavy (non-hydrogen) atoms. The molecule has 2 aliphatic rings. The lowest BCUT2D eigenvalue weighted by Crippen LogP contribution is -2.44. The van der Waals surface area contributed by atoms with Crippen LogP contribution in [-0.2, 0) is 15.1 Å². The number of amides is 1. The van der Waals surface area contributed by atoms with Gasteiger partial charge in [0, 0.05) is 42.6 Å². The molecule has 2 aromatic carbocycles. The first kappa shape index (κ1) is 16.9. The van der Waals surface area contributed by atoms with Gasteiger partial charge in [0.25, 0.3) is 0 Å². The predicted octanol–water partition coefficient (Wildman–Crippen LogP) is 4.04. The Morgan fingerprint density at radius 1 is 1.08 bits per heavy atom. The molecule has 5 heteroatoms. The van der Waals surface area contributed by atoms with Crippen LogP contribution in [0.2, 0.25) is 5.02 Å². The summed E-state index contributed by atoms with van der Waals surface area (Å²) in [5, 5.41) is 0.668. The Morgan fingerprint density at radius 3 is 2.50 bits per heavy atom. The van der Waals surface area contributed by atoms with Crippen molar-refractivity contribution >= 4 is 29.6 Å². The number of nitrogens with zero attached hydrogens (tertiary/aromatic N) is 1. The molecule has 2 aromatic rings. The van der Waals surface area contributed by atoms with Gasteiger partial charge in [-0.15, -0.1) is 0 Å². The van der Waals surface area contributed by atoms with Crippen LogP contribution in [-0.4, -0.2) is 29.9 Å². The van der Waals surface area contributed by atoms with Gasteiger partial charge in [-0.3, -0.25) is 4.79 Å². The number of fused-ring (bicyclic) bond motifs is 2. The van der Waals surface area contributed by atoms with Crippen LogP contribution in [0.5, 0.6) is 0 Å². The van der Waals surface area contributed by atoms with E-state index < -0.39 is 5.60 Å². The maximum atomic E-state index is 12.5. The lowest BCUT2D eigenvalue weighted by molar-refractivity contribution is -0.130. The molecule has 1 spiro atoms. The smallest absolute Gasteiger partial charge is 0.339 e. The zero-order valence-corrected chi connectivity index (χ0v) is 14.9. The van der Waals surface area contributed by atoms with Crippen LogP contribution in [0.3, 0.4) is 0 Å². The van der Waals surface area contributed by atoms with Crippen LogP contribution in [0.25, 0.3) is 6.08 Å². The molecule has 1 saturated heterocycles. The van der Waals surface area contributed by atoms with Crippen molar-refractivity contribution < 1.29 is 14.3 Å². The molecule has 132 valence electrons. The zero-order valence-electron chi connectivity index (χ0n) is 14.2. The van der Waals surface area contributed by atoms with Crippen LogP contribution in [0.1, 0.15) is 34.3 Å². The van der Waals surface area contributed by atoms with Crippen molar-refractivity contribution in [2.24, 2.45) is 0 Å². The largest absolute Gasteiger partial charge is 0.450 e. The van der Waals surface area contributed by atoms with Crippen molar-refractivity contribution in [2.45, 2.75) is 18.4 Å². The van der Waals surface area contributed by atoms with E-state index in [1.54, 1.807) is 35.3 Å². The predicted molar refractivity (Wildman–Crippen MR) is 99.8 cm³/mol. The third-order valence-electron chi connectivity index (χ3n) is 5.10. The molecule has 4 rings (SSSR count). The maximum Gasteiger partial charge on any atom is 0.339 e. The Bertz CT molecular complexity index is 880. The fraction of sp³-hybridized carbons (Fsp3) is 0.238. The Kier molecular flexibility index (Phi) is 4.29. The fourth-order valence-electron chi connectivity index (χ4n) is 3.65. The minimum absolute atomic E-state index is 0.0348. The average molecular weight is 368 g/mol. The highest BCUT2D eigenvalue weighted by molar-refractivity contribution is 6.30. The summed E-state index contributed by atoms with van der Waals surface area (Å²) in [6.45, 7) is 1.12. The molecule has 0 unspecified atom stereocenters. The quantitative estimate of drug-likeness (QED) is 0.594. The minimum atomic E-state index is -0.579. The average Bonchev–Trinajstić information content (AvgIpc) is 2.94. The molecule has 1 fully saturated rings. The highest BCUT2D eigenvalue weighted by Crippen LogP contribution is 2.43. The van der Waals surface area contributed by atoms with Crippen LogP contribution in [0.15, 0.2) is 54.6 Å². The van der Waals surface area contributed by atoms with Crippen molar-refractivity contribution in [3.8, 4) is 0 Å². The first-order valence-electron chi connectivity index (χ1n) is 8.63. The topological polar surface area (TPSA) is 46.6 Å². The van der Waals surface area contributed by atoms with Gasteiger partial charge in [-0.1, -0.05) is 41.9 Å². The Morgan fingerprint density at radius 2 is 1.77 bits per heavy atom. The van der Waals surface area contributed by atoms with E-state index in [-0.39, 0.29) is 11.9 Å². The number of carbonyl (C=O) groups excluding carboxylic acids is 2. The summed E-state index contributed by atoms with van der Waals surface area (Å²) in [5.74, 6) is -0.296. The number of halogens is 1. The van der Waals surface area contributed by atoms with Gasteiger partial charge in [0.1, 0.15) is 5.60 Å². The van der Waals surface area contributed by atoms with Gasteiger partial charge in [-0.25, -0.2) is 4.79 Å². The lowest BCUT2D eigenvalue weighted by atomic mass is 9.84. The molecule has 1 amide bonds. The second-order valence-electron chi connectivity index (χ2n) is 6.64. The lowest BCUT2D eigenvalue weighted by Gasteiger charge is -2.38. The van der Waals surface area contributed by atoms with Gasteiger partial charge in [-0.05, 0) is 29.8 Å². The molecule has 0 atom stereocenters. The summed E-state index contributed by atoms with van der Waals surface area (Å²) < 4.78 is 5.72. The fourth-order valence-corrected chi connectivity index (χ4v) is 3.78. The molecule has 2 aliphatic heterocycles.